The number of fused-ring (bicyclic) bond motifs is 1. The number of nitrogens with zero attached hydrogens (tertiary/aromatic N) is 6. The van der Waals surface area contributed by atoms with Crippen molar-refractivity contribution in [1.82, 2.24) is 19.9 Å². The van der Waals surface area contributed by atoms with Crippen molar-refractivity contribution in [3.8, 4) is 0 Å². The van der Waals surface area contributed by atoms with Crippen LogP contribution in [-0.2, 0) is 24.2 Å². The van der Waals surface area contributed by atoms with E-state index in [1.54, 1.807) is 0 Å². The number of nitrogen functional groups attached to an aromatic ring is 1. The Morgan fingerprint density at radius 2 is 2.00 bits per heavy atom. The van der Waals surface area contributed by atoms with Gasteiger partial charge in [-0.3, -0.25) is 4.79 Å². The normalized spacial score (nSPS) is 13.5. The Kier molecular flexibility index (Phi) is 5.26. The van der Waals surface area contributed by atoms with E-state index in [1.165, 1.54) is 11.3 Å². The quantitative estimate of drug-likeness (QED) is 0.838. The van der Waals surface area contributed by atoms with Gasteiger partial charge in [-0.05, 0) is 12.8 Å². The number of aromatic nitrogens is 3. The van der Waals surface area contributed by atoms with Crippen LogP contribution in [0.4, 0.5) is 16.9 Å². The number of nitrogens with two attached hydrogens (primary N) is 1. The molecule has 0 unspecified atom stereocenters. The van der Waals surface area contributed by atoms with Crippen molar-refractivity contribution in [1.29, 1.82) is 0 Å². The van der Waals surface area contributed by atoms with Crippen molar-refractivity contribution in [3.63, 3.8) is 0 Å². The maximum Gasteiger partial charge on any atom is 0.227 e. The van der Waals surface area contributed by atoms with E-state index in [2.05, 4.69) is 15.0 Å². The molecule has 0 saturated heterocycles. The van der Waals surface area contributed by atoms with Crippen molar-refractivity contribution in [2.24, 2.45) is 0 Å². The average Bonchev–Trinajstić information content (AvgIpc) is 3.03. The third kappa shape index (κ3) is 3.87. The molecule has 2 N–H and O–H groups in total. The number of rotatable bonds is 5. The Bertz CT molecular complexity index is 802. The molecule has 0 radical (unpaired) electrons. The Hall–Kier alpha value is -2.42. The van der Waals surface area contributed by atoms with Gasteiger partial charge in [-0.25, -0.2) is 9.97 Å². The Morgan fingerprint density at radius 1 is 1.23 bits per heavy atom. The topological polar surface area (TPSA) is 91.5 Å². The van der Waals surface area contributed by atoms with Crippen LogP contribution in [0.5, 0.6) is 0 Å². The molecule has 9 heteroatoms. The van der Waals surface area contributed by atoms with E-state index in [0.29, 0.717) is 37.0 Å². The zero-order valence-electron chi connectivity index (χ0n) is 15.7. The van der Waals surface area contributed by atoms with Crippen molar-refractivity contribution in [2.45, 2.75) is 25.8 Å². The average molecular weight is 376 g/mol. The summed E-state index contributed by atoms with van der Waals surface area (Å²) >= 11 is 1.41. The molecule has 140 valence electrons. The van der Waals surface area contributed by atoms with Gasteiger partial charge in [0.05, 0.1) is 17.9 Å². The van der Waals surface area contributed by atoms with Crippen LogP contribution >= 0.6 is 11.3 Å². The molecule has 8 nitrogen and oxygen atoms in total. The molecule has 0 fully saturated rings. The van der Waals surface area contributed by atoms with Gasteiger partial charge in [0.25, 0.3) is 0 Å². The number of carbonyl (C=O) groups excluding carboxylic acids is 1. The third-order valence-electron chi connectivity index (χ3n) is 4.37. The summed E-state index contributed by atoms with van der Waals surface area (Å²) in [6.07, 6.45) is 1.82. The highest BCUT2D eigenvalue weighted by atomic mass is 32.1. The van der Waals surface area contributed by atoms with Crippen molar-refractivity contribution < 1.29 is 4.79 Å². The van der Waals surface area contributed by atoms with Crippen LogP contribution in [0.1, 0.15) is 23.4 Å². The van der Waals surface area contributed by atoms with Crippen LogP contribution in [0, 0.1) is 0 Å². The van der Waals surface area contributed by atoms with E-state index >= 15 is 0 Å². The van der Waals surface area contributed by atoms with Gasteiger partial charge in [0.1, 0.15) is 5.82 Å². The first-order valence-corrected chi connectivity index (χ1v) is 9.45. The van der Waals surface area contributed by atoms with Crippen molar-refractivity contribution in [3.05, 3.63) is 22.3 Å². The molecule has 1 aliphatic rings. The van der Waals surface area contributed by atoms with Gasteiger partial charge < -0.3 is 20.4 Å². The third-order valence-corrected chi connectivity index (χ3v) is 5.10. The summed E-state index contributed by atoms with van der Waals surface area (Å²) in [5, 5.41) is 2.46. The summed E-state index contributed by atoms with van der Waals surface area (Å²) in [7, 11) is 7.82. The van der Waals surface area contributed by atoms with Crippen LogP contribution in [-0.4, -0.2) is 60.5 Å². The fourth-order valence-corrected chi connectivity index (χ4v) is 3.61. The molecule has 1 aliphatic heterocycles. The summed E-state index contributed by atoms with van der Waals surface area (Å²) in [5.74, 6) is 1.72. The van der Waals surface area contributed by atoms with Crippen molar-refractivity contribution >= 4 is 34.1 Å². The second kappa shape index (κ2) is 7.45. The van der Waals surface area contributed by atoms with Crippen LogP contribution < -0.4 is 15.5 Å². The Balaban J connectivity index is 1.74. The van der Waals surface area contributed by atoms with E-state index < -0.39 is 0 Å². The fourth-order valence-electron chi connectivity index (χ4n) is 3.01. The molecular weight excluding hydrogens is 350 g/mol. The summed E-state index contributed by atoms with van der Waals surface area (Å²) in [5.41, 5.74) is 8.60. The van der Waals surface area contributed by atoms with Gasteiger partial charge in [0, 0.05) is 52.1 Å². The highest BCUT2D eigenvalue weighted by Crippen LogP contribution is 2.27. The SMILES string of the molecule is CN(C)c1nc2c(c(N(C)C)n1)CCN(C(=O)CCc1csc(N)n1)C2. The number of anilines is 3. The first kappa shape index (κ1) is 18.4. The van der Waals surface area contributed by atoms with Gasteiger partial charge >= 0.3 is 0 Å². The molecule has 0 atom stereocenters. The lowest BCUT2D eigenvalue weighted by Gasteiger charge is -2.31. The minimum atomic E-state index is 0.124. The summed E-state index contributed by atoms with van der Waals surface area (Å²) < 4.78 is 0. The van der Waals surface area contributed by atoms with Gasteiger partial charge in [-0.1, -0.05) is 0 Å². The highest BCUT2D eigenvalue weighted by molar-refractivity contribution is 7.13. The lowest BCUT2D eigenvalue weighted by molar-refractivity contribution is -0.132. The highest BCUT2D eigenvalue weighted by Gasteiger charge is 2.26. The molecule has 0 bridgehead atoms. The molecule has 2 aromatic rings. The minimum absolute atomic E-state index is 0.124. The van der Waals surface area contributed by atoms with Gasteiger partial charge in [-0.2, -0.15) is 4.98 Å². The zero-order valence-corrected chi connectivity index (χ0v) is 16.5. The smallest absolute Gasteiger partial charge is 0.227 e. The van der Waals surface area contributed by atoms with Gasteiger partial charge in [0.2, 0.25) is 11.9 Å². The first-order valence-electron chi connectivity index (χ1n) is 8.57. The molecule has 2 aromatic heterocycles. The molecular formula is C17H25N7OS. The second-order valence-corrected chi connectivity index (χ2v) is 7.69. The number of aryl methyl sites for hydroxylation is 1. The van der Waals surface area contributed by atoms with Crippen LogP contribution in [0.15, 0.2) is 5.38 Å². The molecule has 26 heavy (non-hydrogen) atoms. The van der Waals surface area contributed by atoms with Crippen LogP contribution in [0.25, 0.3) is 0 Å². The first-order chi connectivity index (χ1) is 12.3. The monoisotopic (exact) mass is 375 g/mol. The number of hydrogen-bond acceptors (Lipinski definition) is 8. The van der Waals surface area contributed by atoms with Crippen LogP contribution in [0.3, 0.4) is 0 Å². The molecule has 0 aromatic carbocycles. The Labute approximate surface area is 157 Å². The second-order valence-electron chi connectivity index (χ2n) is 6.80. The predicted molar refractivity (Wildman–Crippen MR) is 105 cm³/mol. The van der Waals surface area contributed by atoms with E-state index in [-0.39, 0.29) is 5.91 Å². The van der Waals surface area contributed by atoms with E-state index in [0.717, 1.165) is 29.2 Å². The lowest BCUT2D eigenvalue weighted by Crippen LogP contribution is -2.38. The van der Waals surface area contributed by atoms with Gasteiger partial charge in [-0.15, -0.1) is 11.3 Å². The molecule has 3 heterocycles. The largest absolute Gasteiger partial charge is 0.375 e. The summed E-state index contributed by atoms with van der Waals surface area (Å²) in [6, 6.07) is 0. The van der Waals surface area contributed by atoms with E-state index in [9.17, 15) is 4.79 Å². The van der Waals surface area contributed by atoms with E-state index in [4.69, 9.17) is 5.73 Å². The molecule has 1 amide bonds. The maximum absolute atomic E-state index is 12.6. The molecule has 0 aliphatic carbocycles. The molecule has 0 saturated carbocycles. The number of carbonyl (C=O) groups is 1. The summed E-state index contributed by atoms with van der Waals surface area (Å²) in [6.45, 7) is 1.22. The lowest BCUT2D eigenvalue weighted by atomic mass is 10.0. The fraction of sp³-hybridized carbons (Fsp3) is 0.529. The van der Waals surface area contributed by atoms with E-state index in [1.807, 2.05) is 48.3 Å². The minimum Gasteiger partial charge on any atom is -0.375 e. The molecule has 3 rings (SSSR count). The van der Waals surface area contributed by atoms with Gasteiger partial charge in [0.15, 0.2) is 5.13 Å². The van der Waals surface area contributed by atoms with Crippen LogP contribution in [0.2, 0.25) is 0 Å². The summed E-state index contributed by atoms with van der Waals surface area (Å²) in [4.78, 5) is 32.0. The number of hydrogen-bond donors (Lipinski definition) is 1. The predicted octanol–water partition coefficient (Wildman–Crippen LogP) is 1.16. The number of thiazole rings is 1. The zero-order chi connectivity index (χ0) is 18.8. The number of amides is 1. The maximum atomic E-state index is 12.6. The van der Waals surface area contributed by atoms with Crippen molar-refractivity contribution in [2.75, 3.05) is 50.3 Å². The Morgan fingerprint density at radius 3 is 2.62 bits per heavy atom. The standard InChI is InChI=1S/C17H25N7OS/c1-22(2)15-12-7-8-24(9-13(12)20-17(21-15)23(3)4)14(25)6-5-11-10-26-16(18)19-11/h10H,5-9H2,1-4H3,(H2,18,19). The molecule has 0 spiro atoms.